The zero-order valence-corrected chi connectivity index (χ0v) is 13.5. The van der Waals surface area contributed by atoms with Gasteiger partial charge in [-0.15, -0.1) is 0 Å². The van der Waals surface area contributed by atoms with Gasteiger partial charge in [-0.2, -0.15) is 0 Å². The number of carbonyl (C=O) groups excluding carboxylic acids is 2. The molecule has 7 heteroatoms. The number of halogens is 1. The number of aromatic nitrogens is 1. The van der Waals surface area contributed by atoms with Gasteiger partial charge < -0.3 is 10.1 Å². The van der Waals surface area contributed by atoms with Crippen molar-refractivity contribution in [1.82, 2.24) is 9.88 Å². The fourth-order valence-corrected chi connectivity index (χ4v) is 2.72. The van der Waals surface area contributed by atoms with Crippen LogP contribution in [0.15, 0.2) is 48.7 Å². The smallest absolute Gasteiger partial charge is 0.410 e. The second kappa shape index (κ2) is 7.74. The van der Waals surface area contributed by atoms with Gasteiger partial charge in [0.05, 0.1) is 6.20 Å². The van der Waals surface area contributed by atoms with E-state index in [0.29, 0.717) is 13.0 Å². The van der Waals surface area contributed by atoms with E-state index in [2.05, 4.69) is 10.3 Å². The Kier molecular flexibility index (Phi) is 5.23. The van der Waals surface area contributed by atoms with Crippen molar-refractivity contribution in [2.75, 3.05) is 11.9 Å². The van der Waals surface area contributed by atoms with Crippen molar-refractivity contribution < 1.29 is 18.7 Å². The molecule has 25 heavy (non-hydrogen) atoms. The first-order valence-electron chi connectivity index (χ1n) is 8.03. The predicted molar refractivity (Wildman–Crippen MR) is 89.2 cm³/mol. The minimum Gasteiger partial charge on any atom is -0.445 e. The summed E-state index contributed by atoms with van der Waals surface area (Å²) in [5, 5.41) is 2.60. The lowest BCUT2D eigenvalue weighted by Crippen LogP contribution is -2.43. The van der Waals surface area contributed by atoms with E-state index in [1.54, 1.807) is 0 Å². The van der Waals surface area contributed by atoms with Crippen LogP contribution in [0.2, 0.25) is 0 Å². The van der Waals surface area contributed by atoms with Crippen LogP contribution in [-0.4, -0.2) is 34.5 Å². The van der Waals surface area contributed by atoms with Gasteiger partial charge in [0, 0.05) is 6.54 Å². The maximum atomic E-state index is 12.9. The number of carbonyl (C=O) groups is 2. The minimum atomic E-state index is -0.616. The molecule has 1 aliphatic rings. The summed E-state index contributed by atoms with van der Waals surface area (Å²) in [5.41, 5.74) is 0.881. The summed E-state index contributed by atoms with van der Waals surface area (Å²) < 4.78 is 18.2. The van der Waals surface area contributed by atoms with Crippen LogP contribution in [0.3, 0.4) is 0 Å². The molecular formula is C18H18FN3O3. The molecule has 0 unspecified atom stereocenters. The van der Waals surface area contributed by atoms with Crippen molar-refractivity contribution in [2.45, 2.75) is 25.5 Å². The molecule has 2 amide bonds. The topological polar surface area (TPSA) is 71.5 Å². The molecule has 2 aromatic rings. The van der Waals surface area contributed by atoms with Gasteiger partial charge in [0.2, 0.25) is 5.91 Å². The molecule has 1 fully saturated rings. The number of pyridine rings is 1. The Morgan fingerprint density at radius 2 is 2.04 bits per heavy atom. The maximum absolute atomic E-state index is 12.9. The molecule has 6 nitrogen and oxygen atoms in total. The third-order valence-corrected chi connectivity index (χ3v) is 3.97. The largest absolute Gasteiger partial charge is 0.445 e. The fourth-order valence-electron chi connectivity index (χ4n) is 2.72. The first-order valence-corrected chi connectivity index (χ1v) is 8.03. The number of nitrogens with one attached hydrogen (secondary N) is 1. The summed E-state index contributed by atoms with van der Waals surface area (Å²) in [5.74, 6) is -0.589. The number of rotatable bonds is 4. The van der Waals surface area contributed by atoms with E-state index in [0.717, 1.165) is 18.2 Å². The number of ether oxygens (including phenoxy) is 1. The van der Waals surface area contributed by atoms with Crippen molar-refractivity contribution in [3.8, 4) is 0 Å². The van der Waals surface area contributed by atoms with Crippen LogP contribution in [0, 0.1) is 5.82 Å². The summed E-state index contributed by atoms with van der Waals surface area (Å²) in [6.45, 7) is 0.618. The Bertz CT molecular complexity index is 737. The molecule has 0 radical (unpaired) electrons. The van der Waals surface area contributed by atoms with Crippen molar-refractivity contribution >= 4 is 17.8 Å². The number of benzene rings is 1. The lowest BCUT2D eigenvalue weighted by atomic mass is 10.2. The average molecular weight is 343 g/mol. The molecule has 0 saturated carbocycles. The molecule has 1 aliphatic heterocycles. The Hall–Kier alpha value is -2.96. The number of likely N-dealkylation sites (tertiary alicyclic amines) is 1. The second-order valence-corrected chi connectivity index (χ2v) is 5.74. The number of hydrogen-bond donors (Lipinski definition) is 1. The summed E-state index contributed by atoms with van der Waals surface area (Å²) >= 11 is 0. The molecule has 1 aromatic carbocycles. The summed E-state index contributed by atoms with van der Waals surface area (Å²) in [4.78, 5) is 29.9. The second-order valence-electron chi connectivity index (χ2n) is 5.74. The van der Waals surface area contributed by atoms with E-state index in [1.165, 1.54) is 17.0 Å². The quantitative estimate of drug-likeness (QED) is 0.926. The summed E-state index contributed by atoms with van der Waals surface area (Å²) in [6, 6.07) is 11.3. The van der Waals surface area contributed by atoms with E-state index >= 15 is 0 Å². The van der Waals surface area contributed by atoms with Gasteiger partial charge in [-0.25, -0.2) is 14.2 Å². The van der Waals surface area contributed by atoms with Crippen LogP contribution in [0.1, 0.15) is 18.4 Å². The van der Waals surface area contributed by atoms with Gasteiger partial charge in [-0.3, -0.25) is 9.69 Å². The molecule has 1 N–H and O–H groups in total. The monoisotopic (exact) mass is 343 g/mol. The Balaban J connectivity index is 1.58. The van der Waals surface area contributed by atoms with Gasteiger partial charge in [-0.1, -0.05) is 30.3 Å². The standard InChI is InChI=1S/C18H18FN3O3/c19-14-8-9-16(20-11-14)21-17(23)15-7-4-10-22(15)18(24)25-12-13-5-2-1-3-6-13/h1-3,5-6,8-9,11,15H,4,7,10,12H2,(H,20,21,23)/t15-/m0/s1. The molecule has 130 valence electrons. The highest BCUT2D eigenvalue weighted by Gasteiger charge is 2.35. The third-order valence-electron chi connectivity index (χ3n) is 3.97. The fraction of sp³-hybridized carbons (Fsp3) is 0.278. The van der Waals surface area contributed by atoms with Gasteiger partial charge in [0.25, 0.3) is 0 Å². The lowest BCUT2D eigenvalue weighted by Gasteiger charge is -2.23. The maximum Gasteiger partial charge on any atom is 0.410 e. The minimum absolute atomic E-state index is 0.157. The van der Waals surface area contributed by atoms with Crippen LogP contribution < -0.4 is 5.32 Å². The Labute approximate surface area is 144 Å². The molecular weight excluding hydrogens is 325 g/mol. The van der Waals surface area contributed by atoms with Crippen molar-refractivity contribution in [2.24, 2.45) is 0 Å². The summed E-state index contributed by atoms with van der Waals surface area (Å²) in [6.07, 6.45) is 1.77. The van der Waals surface area contributed by atoms with Gasteiger partial charge >= 0.3 is 6.09 Å². The first kappa shape index (κ1) is 16.9. The Morgan fingerprint density at radius 1 is 1.24 bits per heavy atom. The molecule has 2 heterocycles. The van der Waals surface area contributed by atoms with Crippen LogP contribution in [0.25, 0.3) is 0 Å². The zero-order valence-electron chi connectivity index (χ0n) is 13.5. The lowest BCUT2D eigenvalue weighted by molar-refractivity contribution is -0.120. The van der Waals surface area contributed by atoms with Crippen LogP contribution in [0.5, 0.6) is 0 Å². The third kappa shape index (κ3) is 4.32. The zero-order chi connectivity index (χ0) is 17.6. The van der Waals surface area contributed by atoms with Crippen molar-refractivity contribution in [3.63, 3.8) is 0 Å². The van der Waals surface area contributed by atoms with Gasteiger partial charge in [0.1, 0.15) is 24.3 Å². The van der Waals surface area contributed by atoms with E-state index in [4.69, 9.17) is 4.74 Å². The number of hydrogen-bond acceptors (Lipinski definition) is 4. The molecule has 3 rings (SSSR count). The first-order chi connectivity index (χ1) is 12.1. The molecule has 0 bridgehead atoms. The van der Waals surface area contributed by atoms with Gasteiger partial charge in [0.15, 0.2) is 0 Å². The van der Waals surface area contributed by atoms with E-state index in [9.17, 15) is 14.0 Å². The highest BCUT2D eigenvalue weighted by atomic mass is 19.1. The molecule has 1 aromatic heterocycles. The molecule has 1 atom stereocenters. The molecule has 0 spiro atoms. The predicted octanol–water partition coefficient (Wildman–Crippen LogP) is 2.96. The van der Waals surface area contributed by atoms with E-state index in [-0.39, 0.29) is 18.3 Å². The van der Waals surface area contributed by atoms with Crippen molar-refractivity contribution in [3.05, 3.63) is 60.0 Å². The van der Waals surface area contributed by atoms with Crippen LogP contribution >= 0.6 is 0 Å². The average Bonchev–Trinajstić information content (AvgIpc) is 3.12. The van der Waals surface area contributed by atoms with Crippen LogP contribution in [-0.2, 0) is 16.1 Å². The number of anilines is 1. The molecule has 0 aliphatic carbocycles. The van der Waals surface area contributed by atoms with Crippen LogP contribution in [0.4, 0.5) is 15.0 Å². The number of amides is 2. The van der Waals surface area contributed by atoms with E-state index < -0.39 is 18.0 Å². The highest BCUT2D eigenvalue weighted by Crippen LogP contribution is 2.20. The summed E-state index contributed by atoms with van der Waals surface area (Å²) in [7, 11) is 0. The van der Waals surface area contributed by atoms with Gasteiger partial charge in [-0.05, 0) is 30.5 Å². The van der Waals surface area contributed by atoms with E-state index in [1.807, 2.05) is 30.3 Å². The SMILES string of the molecule is O=C(Nc1ccc(F)cn1)[C@@H]1CCCN1C(=O)OCc1ccccc1. The highest BCUT2D eigenvalue weighted by molar-refractivity contribution is 5.96. The Morgan fingerprint density at radius 3 is 2.76 bits per heavy atom. The normalized spacial score (nSPS) is 16.5. The molecule has 1 saturated heterocycles. The number of nitrogens with zero attached hydrogens (tertiary/aromatic N) is 2. The van der Waals surface area contributed by atoms with Crippen molar-refractivity contribution in [1.29, 1.82) is 0 Å².